The molecule has 0 bridgehead atoms. The lowest BCUT2D eigenvalue weighted by Crippen LogP contribution is -2.47. The van der Waals surface area contributed by atoms with Crippen molar-refractivity contribution in [2.24, 2.45) is 0 Å². The second kappa shape index (κ2) is 7.34. The first-order valence-corrected chi connectivity index (χ1v) is 8.29. The third-order valence-corrected chi connectivity index (χ3v) is 4.37. The second-order valence-corrected chi connectivity index (χ2v) is 5.97. The van der Waals surface area contributed by atoms with Gasteiger partial charge in [0.05, 0.1) is 16.2 Å². The summed E-state index contributed by atoms with van der Waals surface area (Å²) in [4.78, 5) is 35.5. The van der Waals surface area contributed by atoms with E-state index in [9.17, 15) is 14.9 Å². The Balaban J connectivity index is 1.80. The normalized spacial score (nSPS) is 14.2. The Morgan fingerprint density at radius 2 is 1.88 bits per heavy atom. The number of carbonyl (C=O) groups is 1. The number of piperazine rings is 1. The molecule has 1 fully saturated rings. The average molecular weight is 356 g/mol. The number of hydrogen-bond acceptors (Lipinski definition) is 7. The maximum absolute atomic E-state index is 12.2. The van der Waals surface area contributed by atoms with Crippen LogP contribution in [0.2, 0.25) is 0 Å². The quantitative estimate of drug-likeness (QED) is 0.652. The van der Waals surface area contributed by atoms with Gasteiger partial charge in [-0.25, -0.2) is 9.97 Å². The van der Waals surface area contributed by atoms with Gasteiger partial charge in [0.2, 0.25) is 0 Å². The number of benzene rings is 1. The predicted molar refractivity (Wildman–Crippen MR) is 97.7 cm³/mol. The number of nitrogens with zero attached hydrogens (tertiary/aromatic N) is 5. The topological polar surface area (TPSA) is 104 Å². The van der Waals surface area contributed by atoms with Gasteiger partial charge in [-0.3, -0.25) is 14.9 Å². The highest BCUT2D eigenvalue weighted by Gasteiger charge is 2.24. The van der Waals surface area contributed by atoms with Gasteiger partial charge in [-0.15, -0.1) is 0 Å². The van der Waals surface area contributed by atoms with Gasteiger partial charge >= 0.3 is 0 Å². The van der Waals surface area contributed by atoms with E-state index in [0.29, 0.717) is 24.3 Å². The smallest absolute Gasteiger partial charge is 0.270 e. The average Bonchev–Trinajstić information content (AvgIpc) is 2.67. The Bertz CT molecular complexity index is 833. The van der Waals surface area contributed by atoms with Crippen molar-refractivity contribution in [1.82, 2.24) is 15.3 Å². The molecule has 2 heterocycles. The molecule has 1 aromatic heterocycles. The molecule has 1 aliphatic heterocycles. The van der Waals surface area contributed by atoms with Crippen LogP contribution in [-0.2, 0) is 0 Å². The lowest BCUT2D eigenvalue weighted by atomic mass is 10.1. The molecule has 1 amide bonds. The molecule has 1 aromatic carbocycles. The molecule has 3 rings (SSSR count). The van der Waals surface area contributed by atoms with Crippen LogP contribution in [0.5, 0.6) is 0 Å². The molecule has 0 saturated carbocycles. The molecule has 26 heavy (non-hydrogen) atoms. The number of anilines is 2. The van der Waals surface area contributed by atoms with E-state index in [-0.39, 0.29) is 11.6 Å². The molecule has 9 nitrogen and oxygen atoms in total. The van der Waals surface area contributed by atoms with Crippen LogP contribution >= 0.6 is 0 Å². The van der Waals surface area contributed by atoms with E-state index in [1.54, 1.807) is 12.3 Å². The maximum atomic E-state index is 12.2. The third-order valence-electron chi connectivity index (χ3n) is 4.37. The van der Waals surface area contributed by atoms with E-state index in [1.165, 1.54) is 19.2 Å². The first kappa shape index (κ1) is 17.6. The van der Waals surface area contributed by atoms with Gasteiger partial charge in [-0.2, -0.15) is 0 Å². The SMILES string of the molecule is CNC(=O)c1cc([N+](=O)[O-])ccc1N1CCN(c2ccnc(C)n2)CC1. The van der Waals surface area contributed by atoms with E-state index in [2.05, 4.69) is 25.1 Å². The highest BCUT2D eigenvalue weighted by molar-refractivity contribution is 6.00. The summed E-state index contributed by atoms with van der Waals surface area (Å²) in [6.45, 7) is 4.70. The van der Waals surface area contributed by atoms with Gasteiger partial charge in [-0.1, -0.05) is 0 Å². The number of rotatable bonds is 4. The number of nitro groups is 1. The summed E-state index contributed by atoms with van der Waals surface area (Å²) >= 11 is 0. The Kier molecular flexibility index (Phi) is 4.97. The van der Waals surface area contributed by atoms with Gasteiger partial charge < -0.3 is 15.1 Å². The summed E-state index contributed by atoms with van der Waals surface area (Å²) in [7, 11) is 1.51. The van der Waals surface area contributed by atoms with Crippen LogP contribution < -0.4 is 15.1 Å². The molecule has 0 atom stereocenters. The minimum Gasteiger partial charge on any atom is -0.367 e. The predicted octanol–water partition coefficient (Wildman–Crippen LogP) is 1.38. The largest absolute Gasteiger partial charge is 0.367 e. The summed E-state index contributed by atoms with van der Waals surface area (Å²) < 4.78 is 0. The van der Waals surface area contributed by atoms with Crippen molar-refractivity contribution in [1.29, 1.82) is 0 Å². The molecule has 136 valence electrons. The minimum atomic E-state index is -0.494. The van der Waals surface area contributed by atoms with Gasteiger partial charge in [0, 0.05) is 51.6 Å². The Morgan fingerprint density at radius 3 is 2.50 bits per heavy atom. The van der Waals surface area contributed by atoms with Crippen molar-refractivity contribution in [3.05, 3.63) is 52.0 Å². The van der Waals surface area contributed by atoms with Gasteiger partial charge in [0.15, 0.2) is 0 Å². The van der Waals surface area contributed by atoms with Crippen LogP contribution in [0.4, 0.5) is 17.2 Å². The summed E-state index contributed by atoms with van der Waals surface area (Å²) in [5.74, 6) is 1.27. The first-order chi connectivity index (χ1) is 12.5. The molecule has 1 saturated heterocycles. The van der Waals surface area contributed by atoms with E-state index in [4.69, 9.17) is 0 Å². The zero-order valence-electron chi connectivity index (χ0n) is 14.7. The number of aryl methyl sites for hydroxylation is 1. The Labute approximate surface area is 150 Å². The Morgan fingerprint density at radius 1 is 1.19 bits per heavy atom. The van der Waals surface area contributed by atoms with Gasteiger partial charge in [-0.05, 0) is 19.1 Å². The van der Waals surface area contributed by atoms with E-state index < -0.39 is 4.92 Å². The molecule has 0 spiro atoms. The molecule has 0 radical (unpaired) electrons. The van der Waals surface area contributed by atoms with E-state index in [0.717, 1.165) is 24.7 Å². The van der Waals surface area contributed by atoms with Crippen molar-refractivity contribution < 1.29 is 9.72 Å². The zero-order valence-corrected chi connectivity index (χ0v) is 14.7. The van der Waals surface area contributed by atoms with Crippen LogP contribution in [0.25, 0.3) is 0 Å². The summed E-state index contributed by atoms with van der Waals surface area (Å²) in [5.41, 5.74) is 0.920. The Hall–Kier alpha value is -3.23. The van der Waals surface area contributed by atoms with Crippen LogP contribution in [0.3, 0.4) is 0 Å². The van der Waals surface area contributed by atoms with Gasteiger partial charge in [0.25, 0.3) is 11.6 Å². The fraction of sp³-hybridized carbons (Fsp3) is 0.353. The molecule has 2 aromatic rings. The molecule has 1 N–H and O–H groups in total. The first-order valence-electron chi connectivity index (χ1n) is 8.29. The highest BCUT2D eigenvalue weighted by atomic mass is 16.6. The molecular weight excluding hydrogens is 336 g/mol. The van der Waals surface area contributed by atoms with E-state index >= 15 is 0 Å². The lowest BCUT2D eigenvalue weighted by Gasteiger charge is -2.37. The van der Waals surface area contributed by atoms with E-state index in [1.807, 2.05) is 13.0 Å². The maximum Gasteiger partial charge on any atom is 0.270 e. The molecule has 1 aliphatic rings. The number of carbonyl (C=O) groups excluding carboxylic acids is 1. The number of nitro benzene ring substituents is 1. The highest BCUT2D eigenvalue weighted by Crippen LogP contribution is 2.27. The van der Waals surface area contributed by atoms with Crippen LogP contribution in [0.1, 0.15) is 16.2 Å². The number of nitrogens with one attached hydrogen (secondary N) is 1. The van der Waals surface area contributed by atoms with Crippen LogP contribution in [0.15, 0.2) is 30.5 Å². The van der Waals surface area contributed by atoms with Crippen LogP contribution in [-0.4, -0.2) is 54.0 Å². The standard InChI is InChI=1S/C17H20N6O3/c1-12-19-6-5-16(20-12)22-9-7-21(8-10-22)15-4-3-13(23(25)26)11-14(15)17(24)18-2/h3-6,11H,7-10H2,1-2H3,(H,18,24). The molecule has 0 aliphatic carbocycles. The number of hydrogen-bond donors (Lipinski definition) is 1. The minimum absolute atomic E-state index is 0.0950. The lowest BCUT2D eigenvalue weighted by molar-refractivity contribution is -0.384. The summed E-state index contributed by atoms with van der Waals surface area (Å²) in [6.07, 6.45) is 1.74. The van der Waals surface area contributed by atoms with Crippen molar-refractivity contribution in [3.8, 4) is 0 Å². The van der Waals surface area contributed by atoms with Crippen LogP contribution in [0, 0.1) is 17.0 Å². The molecular formula is C17H20N6O3. The fourth-order valence-corrected chi connectivity index (χ4v) is 3.03. The number of amides is 1. The molecule has 0 unspecified atom stereocenters. The summed E-state index contributed by atoms with van der Waals surface area (Å²) in [6, 6.07) is 6.29. The third kappa shape index (κ3) is 3.56. The monoisotopic (exact) mass is 356 g/mol. The van der Waals surface area contributed by atoms with Crippen molar-refractivity contribution in [2.75, 3.05) is 43.0 Å². The van der Waals surface area contributed by atoms with Crippen molar-refractivity contribution >= 4 is 23.1 Å². The van der Waals surface area contributed by atoms with Gasteiger partial charge in [0.1, 0.15) is 11.6 Å². The summed E-state index contributed by atoms with van der Waals surface area (Å²) in [5, 5.41) is 13.6. The number of non-ortho nitro benzene ring substituents is 1. The molecule has 9 heteroatoms. The van der Waals surface area contributed by atoms with Crippen molar-refractivity contribution in [2.45, 2.75) is 6.92 Å². The fourth-order valence-electron chi connectivity index (χ4n) is 3.03. The second-order valence-electron chi connectivity index (χ2n) is 5.97. The van der Waals surface area contributed by atoms with Crippen molar-refractivity contribution in [3.63, 3.8) is 0 Å². The zero-order chi connectivity index (χ0) is 18.7. The number of aromatic nitrogens is 2.